The number of likely N-dealkylation sites (N-methyl/N-ethyl adjacent to an activating group) is 1. The van der Waals surface area contributed by atoms with E-state index in [1.165, 1.54) is 0 Å². The summed E-state index contributed by atoms with van der Waals surface area (Å²) in [6, 6.07) is 4.63. The predicted octanol–water partition coefficient (Wildman–Crippen LogP) is 3.64. The van der Waals surface area contributed by atoms with E-state index in [9.17, 15) is 9.50 Å². The molecule has 1 aliphatic heterocycles. The summed E-state index contributed by atoms with van der Waals surface area (Å²) < 4.78 is 19.2. The molecule has 33 heavy (non-hydrogen) atoms. The summed E-state index contributed by atoms with van der Waals surface area (Å²) in [6.45, 7) is 3.53. The highest BCUT2D eigenvalue weighted by Gasteiger charge is 2.23. The third-order valence-corrected chi connectivity index (χ3v) is 6.64. The van der Waals surface area contributed by atoms with Crippen LogP contribution in [-0.4, -0.2) is 71.2 Å². The van der Waals surface area contributed by atoms with Crippen molar-refractivity contribution >= 4 is 17.5 Å². The molecule has 4 rings (SSSR count). The van der Waals surface area contributed by atoms with Crippen molar-refractivity contribution in [2.45, 2.75) is 69.8 Å². The second kappa shape index (κ2) is 11.1. The Morgan fingerprint density at radius 3 is 2.67 bits per heavy atom. The fourth-order valence-corrected chi connectivity index (χ4v) is 4.32. The van der Waals surface area contributed by atoms with Crippen molar-refractivity contribution in [2.75, 3.05) is 42.3 Å². The molecule has 2 aromatic heterocycles. The quantitative estimate of drug-likeness (QED) is 0.524. The lowest BCUT2D eigenvalue weighted by atomic mass is 9.93. The molecule has 2 aromatic rings. The van der Waals surface area contributed by atoms with E-state index in [1.54, 1.807) is 6.20 Å². The summed E-state index contributed by atoms with van der Waals surface area (Å²) in [5, 5.41) is 16.4. The highest BCUT2D eigenvalue weighted by molar-refractivity contribution is 5.73. The zero-order valence-electron chi connectivity index (χ0n) is 19.5. The average molecular weight is 459 g/mol. The maximum Gasteiger partial charge on any atom is 0.224 e. The molecule has 180 valence electrons. The number of anilines is 3. The van der Waals surface area contributed by atoms with Gasteiger partial charge in [-0.25, -0.2) is 9.37 Å². The number of rotatable bonds is 9. The van der Waals surface area contributed by atoms with Gasteiger partial charge in [-0.1, -0.05) is 6.92 Å². The number of aliphatic hydroxyl groups excluding tert-OH is 1. The zero-order chi connectivity index (χ0) is 23.2. The van der Waals surface area contributed by atoms with Crippen LogP contribution < -0.4 is 15.5 Å². The van der Waals surface area contributed by atoms with E-state index in [1.807, 2.05) is 19.2 Å². The Hall–Kier alpha value is -2.52. The molecule has 0 radical (unpaired) electrons. The molecule has 2 aliphatic rings. The van der Waals surface area contributed by atoms with E-state index in [0.29, 0.717) is 24.2 Å². The van der Waals surface area contributed by atoms with Crippen molar-refractivity contribution in [2.24, 2.45) is 0 Å². The minimum Gasteiger partial charge on any atom is -0.393 e. The maximum absolute atomic E-state index is 13.7. The summed E-state index contributed by atoms with van der Waals surface area (Å²) in [5.74, 6) is 1.07. The van der Waals surface area contributed by atoms with Gasteiger partial charge in [0, 0.05) is 32.4 Å². The van der Waals surface area contributed by atoms with Gasteiger partial charge >= 0.3 is 0 Å². The number of pyridine rings is 1. The van der Waals surface area contributed by atoms with E-state index < -0.39 is 6.17 Å². The summed E-state index contributed by atoms with van der Waals surface area (Å²) in [4.78, 5) is 16.0. The monoisotopic (exact) mass is 458 g/mol. The van der Waals surface area contributed by atoms with E-state index >= 15 is 0 Å². The van der Waals surface area contributed by atoms with Crippen LogP contribution in [0, 0.1) is 0 Å². The number of aliphatic hydroxyl groups is 1. The van der Waals surface area contributed by atoms with Gasteiger partial charge in [0.05, 0.1) is 41.9 Å². The average Bonchev–Trinajstić information content (AvgIpc) is 3.39. The molecule has 0 bridgehead atoms. The lowest BCUT2D eigenvalue weighted by molar-refractivity contribution is 0.126. The fraction of sp³-hybridized carbons (Fsp3) is 0.625. The molecule has 0 aromatic carbocycles. The summed E-state index contributed by atoms with van der Waals surface area (Å²) in [7, 11) is 2.07. The van der Waals surface area contributed by atoms with Gasteiger partial charge < -0.3 is 25.4 Å². The van der Waals surface area contributed by atoms with E-state index in [0.717, 1.165) is 62.3 Å². The zero-order valence-corrected chi connectivity index (χ0v) is 19.5. The van der Waals surface area contributed by atoms with Gasteiger partial charge in [0.2, 0.25) is 5.95 Å². The second-order valence-electron chi connectivity index (χ2n) is 9.02. The third kappa shape index (κ3) is 6.09. The molecule has 2 atom stereocenters. The van der Waals surface area contributed by atoms with Gasteiger partial charge in [0.15, 0.2) is 0 Å². The Bertz CT molecular complexity index is 885. The summed E-state index contributed by atoms with van der Waals surface area (Å²) in [5.41, 5.74) is 2.62. The van der Waals surface area contributed by atoms with Crippen molar-refractivity contribution in [1.82, 2.24) is 15.0 Å². The lowest BCUT2D eigenvalue weighted by Gasteiger charge is -2.27. The fourth-order valence-electron chi connectivity index (χ4n) is 4.32. The molecule has 1 aliphatic carbocycles. The van der Waals surface area contributed by atoms with Gasteiger partial charge in [-0.15, -0.1) is 0 Å². The van der Waals surface area contributed by atoms with E-state index in [-0.39, 0.29) is 18.7 Å². The van der Waals surface area contributed by atoms with Crippen LogP contribution in [0.4, 0.5) is 21.8 Å². The second-order valence-corrected chi connectivity index (χ2v) is 9.02. The van der Waals surface area contributed by atoms with Crippen LogP contribution in [0.15, 0.2) is 24.5 Å². The molecule has 9 heteroatoms. The number of alkyl halides is 1. The van der Waals surface area contributed by atoms with Crippen molar-refractivity contribution < 1.29 is 14.2 Å². The Kier molecular flexibility index (Phi) is 7.93. The van der Waals surface area contributed by atoms with Gasteiger partial charge in [-0.2, -0.15) is 4.98 Å². The van der Waals surface area contributed by atoms with Crippen molar-refractivity contribution in [3.05, 3.63) is 24.5 Å². The minimum absolute atomic E-state index is 0.176. The number of nitrogens with one attached hydrogen (secondary N) is 2. The van der Waals surface area contributed by atoms with Crippen LogP contribution in [0.1, 0.15) is 45.4 Å². The highest BCUT2D eigenvalue weighted by Crippen LogP contribution is 2.30. The van der Waals surface area contributed by atoms with Gasteiger partial charge in [0.25, 0.3) is 0 Å². The molecule has 3 heterocycles. The van der Waals surface area contributed by atoms with Crippen molar-refractivity contribution in [3.8, 4) is 11.3 Å². The van der Waals surface area contributed by atoms with Gasteiger partial charge in [0.1, 0.15) is 12.0 Å². The maximum atomic E-state index is 13.7. The van der Waals surface area contributed by atoms with Crippen molar-refractivity contribution in [1.29, 1.82) is 0 Å². The first-order valence-corrected chi connectivity index (χ1v) is 12.0. The molecule has 0 spiro atoms. The minimum atomic E-state index is -0.944. The first kappa shape index (κ1) is 23.6. The van der Waals surface area contributed by atoms with Crippen LogP contribution in [0.3, 0.4) is 0 Å². The molecule has 1 saturated heterocycles. The predicted molar refractivity (Wildman–Crippen MR) is 128 cm³/mol. The summed E-state index contributed by atoms with van der Waals surface area (Å²) in [6.07, 6.45) is 7.19. The van der Waals surface area contributed by atoms with Crippen LogP contribution in [0.5, 0.6) is 0 Å². The first-order chi connectivity index (χ1) is 16.0. The standard InChI is InChI=1S/C24H35FN6O2/c1-3-16(25)12-27-24-28-14-21(23(30-24)29-17-4-7-20(32)8-5-17)22-9-6-18(13-26-22)31(2)19-10-11-33-15-19/h6,9,13-14,16-17,19-20,32H,3-5,7-8,10-12,15H2,1-2H3,(H2,27,28,29,30)/t16-,17?,19?,20?/m0/s1. The van der Waals surface area contributed by atoms with Crippen LogP contribution in [0.25, 0.3) is 11.3 Å². The SMILES string of the molecule is CC[C@H](F)CNc1ncc(-c2ccc(N(C)C3CCOC3)cn2)c(NC2CCC(O)CC2)n1. The van der Waals surface area contributed by atoms with E-state index in [2.05, 4.69) is 38.6 Å². The first-order valence-electron chi connectivity index (χ1n) is 12.0. The molecular weight excluding hydrogens is 423 g/mol. The molecule has 3 N–H and O–H groups in total. The van der Waals surface area contributed by atoms with E-state index in [4.69, 9.17) is 9.72 Å². The molecule has 2 fully saturated rings. The van der Waals surface area contributed by atoms with Crippen molar-refractivity contribution in [3.63, 3.8) is 0 Å². The largest absolute Gasteiger partial charge is 0.393 e. The number of aromatic nitrogens is 3. The highest BCUT2D eigenvalue weighted by atomic mass is 19.1. The van der Waals surface area contributed by atoms with Gasteiger partial charge in [-0.3, -0.25) is 4.98 Å². The van der Waals surface area contributed by atoms with Crippen LogP contribution >= 0.6 is 0 Å². The number of hydrogen-bond acceptors (Lipinski definition) is 8. The molecule has 1 unspecified atom stereocenters. The topological polar surface area (TPSA) is 95.4 Å². The number of ether oxygens (including phenoxy) is 1. The Morgan fingerprint density at radius 2 is 2.00 bits per heavy atom. The number of nitrogens with zero attached hydrogens (tertiary/aromatic N) is 4. The Balaban J connectivity index is 1.54. The van der Waals surface area contributed by atoms with Gasteiger partial charge in [-0.05, 0) is 50.7 Å². The Labute approximate surface area is 195 Å². The Morgan fingerprint density at radius 1 is 1.18 bits per heavy atom. The molecule has 0 amide bonds. The number of hydrogen-bond donors (Lipinski definition) is 3. The van der Waals surface area contributed by atoms with Crippen LogP contribution in [0.2, 0.25) is 0 Å². The normalized spacial score (nSPS) is 23.8. The third-order valence-electron chi connectivity index (χ3n) is 6.64. The molecular formula is C24H35FN6O2. The molecule has 8 nitrogen and oxygen atoms in total. The molecule has 1 saturated carbocycles. The smallest absolute Gasteiger partial charge is 0.224 e. The van der Waals surface area contributed by atoms with Crippen LogP contribution in [-0.2, 0) is 4.74 Å². The number of halogens is 1. The summed E-state index contributed by atoms with van der Waals surface area (Å²) >= 11 is 0. The lowest BCUT2D eigenvalue weighted by Crippen LogP contribution is -2.31.